The first-order chi connectivity index (χ1) is 7.68. The lowest BCUT2D eigenvalue weighted by molar-refractivity contribution is 0.164. The van der Waals surface area contributed by atoms with Crippen molar-refractivity contribution >= 4 is 27.3 Å². The third-order valence-corrected chi connectivity index (χ3v) is 4.89. The van der Waals surface area contributed by atoms with Crippen LogP contribution >= 0.6 is 27.3 Å². The number of piperazine rings is 1. The van der Waals surface area contributed by atoms with E-state index in [9.17, 15) is 0 Å². The molecule has 1 aromatic rings. The summed E-state index contributed by atoms with van der Waals surface area (Å²) in [6.45, 7) is 6.57. The highest BCUT2D eigenvalue weighted by Crippen LogP contribution is 2.29. The Bertz CT molecular complexity index is 336. The third-order valence-electron chi connectivity index (χ3n) is 3.17. The van der Waals surface area contributed by atoms with Crippen molar-refractivity contribution in [2.45, 2.75) is 19.0 Å². The Balaban J connectivity index is 2.00. The molecule has 2 rings (SSSR count). The molecule has 2 heterocycles. The van der Waals surface area contributed by atoms with E-state index < -0.39 is 0 Å². The SMILES string of the molecule is CC(C(N)c1ccc(Br)s1)N1CCNCC1. The molecule has 1 saturated heterocycles. The highest BCUT2D eigenvalue weighted by atomic mass is 79.9. The van der Waals surface area contributed by atoms with E-state index in [0.717, 1.165) is 30.0 Å². The molecule has 1 fully saturated rings. The average molecular weight is 304 g/mol. The van der Waals surface area contributed by atoms with Gasteiger partial charge in [0.25, 0.3) is 0 Å². The van der Waals surface area contributed by atoms with Crippen LogP contribution in [0, 0.1) is 0 Å². The van der Waals surface area contributed by atoms with Crippen LogP contribution in [0.1, 0.15) is 17.8 Å². The van der Waals surface area contributed by atoms with Crippen LogP contribution in [0.5, 0.6) is 0 Å². The molecule has 1 aliphatic heterocycles. The lowest BCUT2D eigenvalue weighted by atomic mass is 10.1. The van der Waals surface area contributed by atoms with Gasteiger partial charge >= 0.3 is 0 Å². The van der Waals surface area contributed by atoms with Crippen molar-refractivity contribution < 1.29 is 0 Å². The maximum absolute atomic E-state index is 6.31. The van der Waals surface area contributed by atoms with Gasteiger partial charge in [-0.15, -0.1) is 11.3 Å². The normalized spacial score (nSPS) is 21.9. The van der Waals surface area contributed by atoms with Crippen LogP contribution in [0.4, 0.5) is 0 Å². The van der Waals surface area contributed by atoms with Crippen LogP contribution in [-0.4, -0.2) is 37.1 Å². The number of nitrogens with one attached hydrogen (secondary N) is 1. The summed E-state index contributed by atoms with van der Waals surface area (Å²) in [7, 11) is 0. The fourth-order valence-corrected chi connectivity index (χ4v) is 3.58. The fourth-order valence-electron chi connectivity index (χ4n) is 2.06. The minimum absolute atomic E-state index is 0.120. The Morgan fingerprint density at radius 2 is 2.12 bits per heavy atom. The molecule has 0 radical (unpaired) electrons. The lowest BCUT2D eigenvalue weighted by Crippen LogP contribution is -2.50. The Labute approximate surface area is 109 Å². The van der Waals surface area contributed by atoms with Gasteiger partial charge in [0.05, 0.1) is 9.83 Å². The monoisotopic (exact) mass is 303 g/mol. The van der Waals surface area contributed by atoms with Crippen LogP contribution < -0.4 is 11.1 Å². The van der Waals surface area contributed by atoms with E-state index >= 15 is 0 Å². The van der Waals surface area contributed by atoms with Gasteiger partial charge in [-0.05, 0) is 35.0 Å². The van der Waals surface area contributed by atoms with Crippen LogP contribution in [0.3, 0.4) is 0 Å². The summed E-state index contributed by atoms with van der Waals surface area (Å²) >= 11 is 5.22. The van der Waals surface area contributed by atoms with E-state index in [1.807, 2.05) is 0 Å². The van der Waals surface area contributed by atoms with Crippen LogP contribution in [0.25, 0.3) is 0 Å². The molecule has 2 unspecified atom stereocenters. The standard InChI is InChI=1S/C11H18BrN3S/c1-8(15-6-4-14-5-7-15)11(13)9-2-3-10(12)16-9/h2-3,8,11,14H,4-7,13H2,1H3. The van der Waals surface area contributed by atoms with Crippen molar-refractivity contribution in [2.75, 3.05) is 26.2 Å². The van der Waals surface area contributed by atoms with Gasteiger partial charge < -0.3 is 11.1 Å². The first-order valence-corrected chi connectivity index (χ1v) is 7.25. The average Bonchev–Trinajstić information content (AvgIpc) is 2.75. The molecule has 3 N–H and O–H groups in total. The van der Waals surface area contributed by atoms with E-state index in [2.05, 4.69) is 45.2 Å². The van der Waals surface area contributed by atoms with Gasteiger partial charge in [-0.25, -0.2) is 0 Å². The molecule has 0 bridgehead atoms. The molecule has 90 valence electrons. The molecule has 1 aliphatic rings. The number of nitrogens with two attached hydrogens (primary N) is 1. The topological polar surface area (TPSA) is 41.3 Å². The minimum Gasteiger partial charge on any atom is -0.322 e. The highest BCUT2D eigenvalue weighted by Gasteiger charge is 2.23. The Morgan fingerprint density at radius 1 is 1.44 bits per heavy atom. The van der Waals surface area contributed by atoms with E-state index in [-0.39, 0.29) is 6.04 Å². The highest BCUT2D eigenvalue weighted by molar-refractivity contribution is 9.11. The molecule has 0 aromatic carbocycles. The Kier molecular flexibility index (Phi) is 4.38. The third kappa shape index (κ3) is 2.84. The van der Waals surface area contributed by atoms with E-state index in [1.165, 1.54) is 4.88 Å². The molecular formula is C11H18BrN3S. The second kappa shape index (κ2) is 5.60. The molecular weight excluding hydrogens is 286 g/mol. The quantitative estimate of drug-likeness (QED) is 0.895. The van der Waals surface area contributed by atoms with Gasteiger partial charge in [0, 0.05) is 37.1 Å². The molecule has 0 aliphatic carbocycles. The molecule has 0 spiro atoms. The Morgan fingerprint density at radius 3 is 2.69 bits per heavy atom. The summed E-state index contributed by atoms with van der Waals surface area (Å²) in [5.41, 5.74) is 6.31. The minimum atomic E-state index is 0.120. The molecule has 5 heteroatoms. The van der Waals surface area contributed by atoms with Crippen molar-refractivity contribution in [3.63, 3.8) is 0 Å². The summed E-state index contributed by atoms with van der Waals surface area (Å²) < 4.78 is 1.16. The summed E-state index contributed by atoms with van der Waals surface area (Å²) in [6, 6.07) is 4.73. The first-order valence-electron chi connectivity index (χ1n) is 5.64. The van der Waals surface area contributed by atoms with Crippen LogP contribution in [-0.2, 0) is 0 Å². The fraction of sp³-hybridized carbons (Fsp3) is 0.636. The maximum Gasteiger partial charge on any atom is 0.0702 e. The largest absolute Gasteiger partial charge is 0.322 e. The molecule has 3 nitrogen and oxygen atoms in total. The predicted molar refractivity (Wildman–Crippen MR) is 72.9 cm³/mol. The van der Waals surface area contributed by atoms with E-state index in [0.29, 0.717) is 6.04 Å². The second-order valence-electron chi connectivity index (χ2n) is 4.19. The van der Waals surface area contributed by atoms with Crippen molar-refractivity contribution in [3.05, 3.63) is 20.8 Å². The Hall–Kier alpha value is 0.0600. The van der Waals surface area contributed by atoms with Gasteiger partial charge in [-0.2, -0.15) is 0 Å². The lowest BCUT2D eigenvalue weighted by Gasteiger charge is -2.35. The summed E-state index contributed by atoms with van der Waals surface area (Å²) in [5, 5.41) is 3.37. The van der Waals surface area contributed by atoms with Crippen molar-refractivity contribution in [1.29, 1.82) is 0 Å². The van der Waals surface area contributed by atoms with Gasteiger partial charge in [-0.1, -0.05) is 0 Å². The van der Waals surface area contributed by atoms with E-state index in [1.54, 1.807) is 11.3 Å². The van der Waals surface area contributed by atoms with Crippen molar-refractivity contribution in [2.24, 2.45) is 5.73 Å². The zero-order valence-corrected chi connectivity index (χ0v) is 11.9. The predicted octanol–water partition coefficient (Wildman–Crippen LogP) is 1.80. The number of hydrogen-bond donors (Lipinski definition) is 2. The second-order valence-corrected chi connectivity index (χ2v) is 6.69. The molecule has 16 heavy (non-hydrogen) atoms. The smallest absolute Gasteiger partial charge is 0.0702 e. The number of hydrogen-bond acceptors (Lipinski definition) is 4. The molecule has 0 amide bonds. The maximum atomic E-state index is 6.31. The van der Waals surface area contributed by atoms with Crippen molar-refractivity contribution in [3.8, 4) is 0 Å². The summed E-state index contributed by atoms with van der Waals surface area (Å²) in [6.07, 6.45) is 0. The van der Waals surface area contributed by atoms with Gasteiger partial charge in [0.2, 0.25) is 0 Å². The first kappa shape index (κ1) is 12.5. The van der Waals surface area contributed by atoms with Crippen LogP contribution in [0.15, 0.2) is 15.9 Å². The summed E-state index contributed by atoms with van der Waals surface area (Å²) in [5.74, 6) is 0. The number of halogens is 1. The van der Waals surface area contributed by atoms with Gasteiger partial charge in [0.1, 0.15) is 0 Å². The van der Waals surface area contributed by atoms with Crippen molar-refractivity contribution in [1.82, 2.24) is 10.2 Å². The van der Waals surface area contributed by atoms with E-state index in [4.69, 9.17) is 5.73 Å². The zero-order valence-electron chi connectivity index (χ0n) is 9.45. The van der Waals surface area contributed by atoms with Gasteiger partial charge in [0.15, 0.2) is 0 Å². The van der Waals surface area contributed by atoms with Gasteiger partial charge in [-0.3, -0.25) is 4.90 Å². The number of nitrogens with zero attached hydrogens (tertiary/aromatic N) is 1. The summed E-state index contributed by atoms with van der Waals surface area (Å²) in [4.78, 5) is 3.73. The number of thiophene rings is 1. The zero-order chi connectivity index (χ0) is 11.5. The molecule has 0 saturated carbocycles. The molecule has 1 aromatic heterocycles. The molecule has 2 atom stereocenters. The van der Waals surface area contributed by atoms with Crippen LogP contribution in [0.2, 0.25) is 0 Å². The number of rotatable bonds is 3.